The number of rotatable bonds is 7. The molecular weight excluding hydrogens is 424 g/mol. The maximum Gasteiger partial charge on any atom is 0.207 e. The molecule has 0 aliphatic rings. The van der Waals surface area contributed by atoms with Gasteiger partial charge < -0.3 is 14.8 Å². The highest BCUT2D eigenvalue weighted by Gasteiger charge is 2.17. The minimum atomic E-state index is 0.511. The lowest BCUT2D eigenvalue weighted by Crippen LogP contribution is -1.99. The molecule has 0 bridgehead atoms. The molecule has 0 atom stereocenters. The van der Waals surface area contributed by atoms with Crippen LogP contribution < -0.4 is 14.8 Å². The van der Waals surface area contributed by atoms with Gasteiger partial charge in [-0.1, -0.05) is 16.8 Å². The van der Waals surface area contributed by atoms with E-state index in [1.165, 1.54) is 11.5 Å². The van der Waals surface area contributed by atoms with E-state index in [0.717, 1.165) is 22.8 Å². The number of anilines is 2. The molecule has 154 valence electrons. The predicted octanol–water partition coefficient (Wildman–Crippen LogP) is 4.90. The van der Waals surface area contributed by atoms with Crippen LogP contribution in [0, 0.1) is 6.92 Å². The van der Waals surface area contributed by atoms with Crippen LogP contribution in [-0.4, -0.2) is 38.1 Å². The average molecular weight is 443 g/mol. The summed E-state index contributed by atoms with van der Waals surface area (Å²) < 4.78 is 16.8. The van der Waals surface area contributed by atoms with Crippen molar-refractivity contribution in [1.29, 1.82) is 0 Å². The first-order valence-corrected chi connectivity index (χ1v) is 10.3. The first-order chi connectivity index (χ1) is 14.6. The average Bonchev–Trinajstić information content (AvgIpc) is 3.35. The Morgan fingerprint density at radius 3 is 2.67 bits per heavy atom. The molecule has 1 N–H and O–H groups in total. The Morgan fingerprint density at radius 1 is 1.17 bits per heavy atom. The van der Waals surface area contributed by atoms with E-state index in [1.54, 1.807) is 23.9 Å². The Hall–Kier alpha value is -3.17. The molecule has 0 aliphatic carbocycles. The van der Waals surface area contributed by atoms with Crippen molar-refractivity contribution < 1.29 is 9.47 Å². The maximum atomic E-state index is 6.18. The minimum Gasteiger partial charge on any atom is -0.495 e. The van der Waals surface area contributed by atoms with Gasteiger partial charge in [-0.15, -0.1) is 5.10 Å². The van der Waals surface area contributed by atoms with E-state index in [0.29, 0.717) is 34.0 Å². The number of halogens is 1. The summed E-state index contributed by atoms with van der Waals surface area (Å²) in [6.07, 6.45) is 0. The topological polar surface area (TPSA) is 87.0 Å². The van der Waals surface area contributed by atoms with Crippen molar-refractivity contribution >= 4 is 34.0 Å². The number of benzene rings is 2. The maximum absolute atomic E-state index is 6.18. The van der Waals surface area contributed by atoms with Crippen molar-refractivity contribution in [2.45, 2.75) is 13.8 Å². The van der Waals surface area contributed by atoms with Gasteiger partial charge in [-0.3, -0.25) is 0 Å². The molecule has 10 heteroatoms. The molecule has 0 amide bonds. The largest absolute Gasteiger partial charge is 0.495 e. The molecule has 0 unspecified atom stereocenters. The van der Waals surface area contributed by atoms with Gasteiger partial charge in [-0.2, -0.15) is 9.36 Å². The summed E-state index contributed by atoms with van der Waals surface area (Å²) in [6, 6.07) is 13.1. The van der Waals surface area contributed by atoms with Crippen molar-refractivity contribution in [3.63, 3.8) is 0 Å². The van der Waals surface area contributed by atoms with Crippen LogP contribution in [0.25, 0.3) is 17.2 Å². The second-order valence-corrected chi connectivity index (χ2v) is 7.42. The lowest BCUT2D eigenvalue weighted by molar-refractivity contribution is 0.340. The summed E-state index contributed by atoms with van der Waals surface area (Å²) in [4.78, 5) is 4.54. The van der Waals surface area contributed by atoms with Gasteiger partial charge in [-0.05, 0) is 56.3 Å². The Balaban J connectivity index is 1.54. The van der Waals surface area contributed by atoms with Crippen molar-refractivity contribution in [3.8, 4) is 28.7 Å². The Morgan fingerprint density at radius 2 is 1.97 bits per heavy atom. The van der Waals surface area contributed by atoms with E-state index in [2.05, 4.69) is 25.0 Å². The third-order valence-corrected chi connectivity index (χ3v) is 5.25. The van der Waals surface area contributed by atoms with Crippen LogP contribution in [0.2, 0.25) is 5.02 Å². The molecule has 30 heavy (non-hydrogen) atoms. The standard InChI is InChI=1S/C20H19ClN6O2S/c1-4-29-15-8-6-14(7-9-15)27-12(2)18(24-26-27)19-23-20(30-25-19)22-13-5-10-17(28-3)16(21)11-13/h5-11H,4H2,1-3H3,(H,22,23,25). The molecule has 0 radical (unpaired) electrons. The number of nitrogens with one attached hydrogen (secondary N) is 1. The summed E-state index contributed by atoms with van der Waals surface area (Å²) in [7, 11) is 1.58. The van der Waals surface area contributed by atoms with Gasteiger partial charge in [0.25, 0.3) is 0 Å². The van der Waals surface area contributed by atoms with Crippen LogP contribution in [0.3, 0.4) is 0 Å². The second-order valence-electron chi connectivity index (χ2n) is 6.26. The second kappa shape index (κ2) is 8.68. The highest BCUT2D eigenvalue weighted by molar-refractivity contribution is 7.09. The highest BCUT2D eigenvalue weighted by Crippen LogP contribution is 2.30. The van der Waals surface area contributed by atoms with E-state index in [9.17, 15) is 0 Å². The fourth-order valence-electron chi connectivity index (χ4n) is 2.87. The Bertz CT molecular complexity index is 1160. The van der Waals surface area contributed by atoms with Crippen LogP contribution in [0.1, 0.15) is 12.6 Å². The zero-order valence-corrected chi connectivity index (χ0v) is 18.2. The van der Waals surface area contributed by atoms with Crippen molar-refractivity contribution in [2.24, 2.45) is 0 Å². The fourth-order valence-corrected chi connectivity index (χ4v) is 3.72. The number of ether oxygens (including phenoxy) is 2. The number of aromatic nitrogens is 5. The predicted molar refractivity (Wildman–Crippen MR) is 117 cm³/mol. The summed E-state index contributed by atoms with van der Waals surface area (Å²) >= 11 is 7.42. The number of hydrogen-bond acceptors (Lipinski definition) is 8. The zero-order valence-electron chi connectivity index (χ0n) is 16.6. The minimum absolute atomic E-state index is 0.511. The van der Waals surface area contributed by atoms with Gasteiger partial charge in [0.05, 0.1) is 30.1 Å². The smallest absolute Gasteiger partial charge is 0.207 e. The summed E-state index contributed by atoms with van der Waals surface area (Å²) in [6.45, 7) is 4.51. The van der Waals surface area contributed by atoms with E-state index in [4.69, 9.17) is 21.1 Å². The fraction of sp³-hybridized carbons (Fsp3) is 0.200. The number of hydrogen-bond donors (Lipinski definition) is 1. The first-order valence-electron chi connectivity index (χ1n) is 9.19. The molecule has 0 aliphatic heterocycles. The molecule has 4 aromatic rings. The molecule has 0 saturated heterocycles. The molecular formula is C20H19ClN6O2S. The third-order valence-electron chi connectivity index (χ3n) is 4.33. The SMILES string of the molecule is CCOc1ccc(-n2nnc(-c3nsc(Nc4ccc(OC)c(Cl)c4)n3)c2C)cc1. The quantitative estimate of drug-likeness (QED) is 0.435. The number of methoxy groups -OCH3 is 1. The van der Waals surface area contributed by atoms with Crippen LogP contribution in [0.15, 0.2) is 42.5 Å². The van der Waals surface area contributed by atoms with Crippen LogP contribution >= 0.6 is 23.1 Å². The lowest BCUT2D eigenvalue weighted by Gasteiger charge is -2.06. The van der Waals surface area contributed by atoms with Gasteiger partial charge in [-0.25, -0.2) is 4.68 Å². The molecule has 0 spiro atoms. The van der Waals surface area contributed by atoms with Crippen molar-refractivity contribution in [3.05, 3.63) is 53.2 Å². The molecule has 2 heterocycles. The van der Waals surface area contributed by atoms with Crippen LogP contribution in [-0.2, 0) is 0 Å². The van der Waals surface area contributed by atoms with E-state index < -0.39 is 0 Å². The van der Waals surface area contributed by atoms with Gasteiger partial charge in [0.2, 0.25) is 5.13 Å². The molecule has 2 aromatic carbocycles. The van der Waals surface area contributed by atoms with Crippen molar-refractivity contribution in [2.75, 3.05) is 19.0 Å². The van der Waals surface area contributed by atoms with Gasteiger partial charge in [0.15, 0.2) is 11.5 Å². The first kappa shape index (κ1) is 20.1. The van der Waals surface area contributed by atoms with E-state index in [-0.39, 0.29) is 0 Å². The molecule has 4 rings (SSSR count). The number of nitrogens with zero attached hydrogens (tertiary/aromatic N) is 5. The third kappa shape index (κ3) is 4.07. The van der Waals surface area contributed by atoms with E-state index >= 15 is 0 Å². The zero-order chi connectivity index (χ0) is 21.1. The van der Waals surface area contributed by atoms with E-state index in [1.807, 2.05) is 44.2 Å². The normalized spacial score (nSPS) is 10.8. The summed E-state index contributed by atoms with van der Waals surface area (Å²) in [5.74, 6) is 1.94. The molecule has 0 fully saturated rings. The Labute approximate surface area is 182 Å². The van der Waals surface area contributed by atoms with Gasteiger partial charge >= 0.3 is 0 Å². The summed E-state index contributed by atoms with van der Waals surface area (Å²) in [5, 5.41) is 12.9. The van der Waals surface area contributed by atoms with Gasteiger partial charge in [0, 0.05) is 17.2 Å². The Kier molecular flexibility index (Phi) is 5.82. The van der Waals surface area contributed by atoms with Gasteiger partial charge in [0.1, 0.15) is 11.5 Å². The molecule has 2 aromatic heterocycles. The lowest BCUT2D eigenvalue weighted by atomic mass is 10.2. The van der Waals surface area contributed by atoms with Crippen molar-refractivity contribution in [1.82, 2.24) is 24.4 Å². The van der Waals surface area contributed by atoms with Crippen LogP contribution in [0.4, 0.5) is 10.8 Å². The monoisotopic (exact) mass is 442 g/mol. The molecule has 8 nitrogen and oxygen atoms in total. The van der Waals surface area contributed by atoms with Crippen LogP contribution in [0.5, 0.6) is 11.5 Å². The highest BCUT2D eigenvalue weighted by atomic mass is 35.5. The molecule has 0 saturated carbocycles. The summed E-state index contributed by atoms with van der Waals surface area (Å²) in [5.41, 5.74) is 3.14.